The van der Waals surface area contributed by atoms with E-state index in [0.29, 0.717) is 0 Å². The summed E-state index contributed by atoms with van der Waals surface area (Å²) in [4.78, 5) is 0. The van der Waals surface area contributed by atoms with Crippen molar-refractivity contribution in [1.29, 1.82) is 0 Å². The molecule has 0 fully saturated rings. The topological polar surface area (TPSA) is 0 Å². The monoisotopic (exact) mass is 134 g/mol. The van der Waals surface area contributed by atoms with E-state index in [1.807, 2.05) is 19.1 Å². The Balaban J connectivity index is 3.79. The molecule has 0 aliphatic rings. The van der Waals surface area contributed by atoms with Gasteiger partial charge in [-0.15, -0.1) is 0 Å². The third-order valence-corrected chi connectivity index (χ3v) is 1.15. The second-order valence-electron chi connectivity index (χ2n) is 2.20. The summed E-state index contributed by atoms with van der Waals surface area (Å²) in [6, 6.07) is 0. The van der Waals surface area contributed by atoms with Crippen molar-refractivity contribution < 1.29 is 0 Å². The summed E-state index contributed by atoms with van der Waals surface area (Å²) in [5.74, 6) is 0. The molecule has 0 nitrogen and oxygen atoms in total. The second kappa shape index (κ2) is 4.80. The normalized spacial score (nSPS) is 9.70. The lowest BCUT2D eigenvalue weighted by molar-refractivity contribution is 1.23. The van der Waals surface area contributed by atoms with Gasteiger partial charge in [0.1, 0.15) is 0 Å². The summed E-state index contributed by atoms with van der Waals surface area (Å²) < 4.78 is 0. The maximum absolute atomic E-state index is 3.84. The van der Waals surface area contributed by atoms with Crippen molar-refractivity contribution in [2.75, 3.05) is 0 Å². The van der Waals surface area contributed by atoms with Gasteiger partial charge in [0.05, 0.1) is 0 Å². The fraction of sp³-hybridized carbons (Fsp3) is 0.200. The number of hydrogen-bond donors (Lipinski definition) is 0. The van der Waals surface area contributed by atoms with Crippen molar-refractivity contribution in [3.8, 4) is 0 Å². The molecule has 0 heterocycles. The van der Waals surface area contributed by atoms with Crippen molar-refractivity contribution in [3.63, 3.8) is 0 Å². The van der Waals surface area contributed by atoms with Gasteiger partial charge in [-0.05, 0) is 13.3 Å². The van der Waals surface area contributed by atoms with Crippen LogP contribution in [0.1, 0.15) is 13.3 Å². The molecule has 0 saturated carbocycles. The molecule has 0 bridgehead atoms. The van der Waals surface area contributed by atoms with Crippen LogP contribution in [0.2, 0.25) is 0 Å². The molecule has 0 rings (SSSR count). The molecular formula is C10H14. The average Bonchev–Trinajstić information content (AvgIpc) is 1.88. The Morgan fingerprint density at radius 1 is 1.30 bits per heavy atom. The zero-order chi connectivity index (χ0) is 7.98. The smallest absolute Gasteiger partial charge is 0.00378 e. The summed E-state index contributed by atoms with van der Waals surface area (Å²) in [6.45, 7) is 13.2. The first-order valence-corrected chi connectivity index (χ1v) is 3.31. The predicted molar refractivity (Wildman–Crippen MR) is 47.9 cm³/mol. The molecule has 0 aromatic carbocycles. The molecule has 0 radical (unpaired) electrons. The highest BCUT2D eigenvalue weighted by Gasteiger charge is 1.88. The van der Waals surface area contributed by atoms with E-state index in [-0.39, 0.29) is 0 Å². The average molecular weight is 134 g/mol. The van der Waals surface area contributed by atoms with E-state index in [9.17, 15) is 0 Å². The molecule has 0 heteroatoms. The Labute approximate surface area is 63.3 Å². The van der Waals surface area contributed by atoms with E-state index in [1.165, 1.54) is 0 Å². The lowest BCUT2D eigenvalue weighted by atomic mass is 10.1. The fourth-order valence-corrected chi connectivity index (χ4v) is 0.658. The fourth-order valence-electron chi connectivity index (χ4n) is 0.658. The third-order valence-electron chi connectivity index (χ3n) is 1.15. The number of allylic oxidation sites excluding steroid dienone is 5. The summed E-state index contributed by atoms with van der Waals surface area (Å²) in [5, 5.41) is 0. The quantitative estimate of drug-likeness (QED) is 0.518. The second-order valence-corrected chi connectivity index (χ2v) is 2.20. The minimum atomic E-state index is 0.827. The van der Waals surface area contributed by atoms with Gasteiger partial charge >= 0.3 is 0 Å². The zero-order valence-electron chi connectivity index (χ0n) is 6.56. The van der Waals surface area contributed by atoms with Gasteiger partial charge in [-0.2, -0.15) is 0 Å². The van der Waals surface area contributed by atoms with Crippen molar-refractivity contribution in [2.45, 2.75) is 13.3 Å². The van der Waals surface area contributed by atoms with E-state index >= 15 is 0 Å². The van der Waals surface area contributed by atoms with Crippen molar-refractivity contribution in [1.82, 2.24) is 0 Å². The van der Waals surface area contributed by atoms with Crippen LogP contribution in [0.3, 0.4) is 0 Å². The largest absolute Gasteiger partial charge is 0.0988 e. The molecule has 0 unspecified atom stereocenters. The molecule has 0 aromatic rings. The van der Waals surface area contributed by atoms with Gasteiger partial charge in [0.2, 0.25) is 0 Å². The lowest BCUT2D eigenvalue weighted by Crippen LogP contribution is -1.77. The maximum Gasteiger partial charge on any atom is -0.00378 e. The first kappa shape index (κ1) is 8.96. The van der Waals surface area contributed by atoms with Crippen LogP contribution in [-0.2, 0) is 0 Å². The number of hydrogen-bond acceptors (Lipinski definition) is 0. The first-order chi connectivity index (χ1) is 4.70. The van der Waals surface area contributed by atoms with Gasteiger partial charge in [0.25, 0.3) is 0 Å². The highest BCUT2D eigenvalue weighted by molar-refractivity contribution is 5.25. The first-order valence-electron chi connectivity index (χ1n) is 3.31. The van der Waals surface area contributed by atoms with Crippen LogP contribution in [0.4, 0.5) is 0 Å². The zero-order valence-corrected chi connectivity index (χ0v) is 6.56. The maximum atomic E-state index is 3.84. The summed E-state index contributed by atoms with van der Waals surface area (Å²) in [6.07, 6.45) is 6.54. The van der Waals surface area contributed by atoms with Crippen molar-refractivity contribution in [3.05, 3.63) is 49.1 Å². The molecule has 10 heavy (non-hydrogen) atoms. The van der Waals surface area contributed by atoms with Crippen LogP contribution in [0.5, 0.6) is 0 Å². The van der Waals surface area contributed by atoms with Crippen LogP contribution < -0.4 is 0 Å². The summed E-state index contributed by atoms with van der Waals surface area (Å²) in [5.41, 5.74) is 2.09. The highest BCUT2D eigenvalue weighted by Crippen LogP contribution is 2.08. The molecule has 0 aliphatic carbocycles. The van der Waals surface area contributed by atoms with Crippen molar-refractivity contribution >= 4 is 0 Å². The van der Waals surface area contributed by atoms with Gasteiger partial charge in [0.15, 0.2) is 0 Å². The standard InChI is InChI=1S/C10H14/c1-5-7-10(4)8-9(3)6-2/h5-7H,2-4,8H2,1H3. The molecule has 0 aromatic heterocycles. The molecule has 0 spiro atoms. The Bertz CT molecular complexity index is 170. The van der Waals surface area contributed by atoms with E-state index in [0.717, 1.165) is 17.6 Å². The van der Waals surface area contributed by atoms with Crippen LogP contribution in [0, 0.1) is 0 Å². The molecule has 0 atom stereocenters. The van der Waals surface area contributed by atoms with E-state index in [2.05, 4.69) is 19.7 Å². The van der Waals surface area contributed by atoms with Crippen LogP contribution in [0.15, 0.2) is 49.1 Å². The van der Waals surface area contributed by atoms with Crippen molar-refractivity contribution in [2.24, 2.45) is 0 Å². The van der Waals surface area contributed by atoms with Gasteiger partial charge in [-0.3, -0.25) is 0 Å². The van der Waals surface area contributed by atoms with Gasteiger partial charge in [0, 0.05) is 0 Å². The van der Waals surface area contributed by atoms with E-state index in [4.69, 9.17) is 0 Å². The predicted octanol–water partition coefficient (Wildman–Crippen LogP) is 3.25. The van der Waals surface area contributed by atoms with Gasteiger partial charge < -0.3 is 0 Å². The summed E-state index contributed by atoms with van der Waals surface area (Å²) in [7, 11) is 0. The van der Waals surface area contributed by atoms with Crippen LogP contribution in [0.25, 0.3) is 0 Å². The third kappa shape index (κ3) is 3.90. The van der Waals surface area contributed by atoms with Gasteiger partial charge in [-0.25, -0.2) is 0 Å². The minimum Gasteiger partial charge on any atom is -0.0988 e. The molecular weight excluding hydrogens is 120 g/mol. The Hall–Kier alpha value is -1.04. The molecule has 0 aliphatic heterocycles. The SMILES string of the molecule is C=CC(=C)CC(=C)C=CC. The lowest BCUT2D eigenvalue weighted by Gasteiger charge is -1.97. The summed E-state index contributed by atoms with van der Waals surface area (Å²) >= 11 is 0. The Kier molecular flexibility index (Phi) is 4.30. The Morgan fingerprint density at radius 3 is 2.30 bits per heavy atom. The Morgan fingerprint density at radius 2 is 1.90 bits per heavy atom. The molecule has 54 valence electrons. The molecule has 0 saturated heterocycles. The minimum absolute atomic E-state index is 0.827. The number of rotatable bonds is 4. The van der Waals surface area contributed by atoms with E-state index in [1.54, 1.807) is 6.08 Å². The highest BCUT2D eigenvalue weighted by atomic mass is 13.9. The molecule has 0 N–H and O–H groups in total. The molecule has 0 amide bonds. The van der Waals surface area contributed by atoms with Gasteiger partial charge in [-0.1, -0.05) is 49.1 Å². The van der Waals surface area contributed by atoms with Crippen LogP contribution in [-0.4, -0.2) is 0 Å². The van der Waals surface area contributed by atoms with E-state index < -0.39 is 0 Å². The van der Waals surface area contributed by atoms with Crippen LogP contribution >= 0.6 is 0 Å².